The first-order valence-electron chi connectivity index (χ1n) is 13.1. The van der Waals surface area contributed by atoms with Gasteiger partial charge in [-0.05, 0) is 67.1 Å². The van der Waals surface area contributed by atoms with Gasteiger partial charge in [0.1, 0.15) is 11.8 Å². The average Bonchev–Trinajstić information content (AvgIpc) is 3.48. The number of nitrogens with zero attached hydrogens (tertiary/aromatic N) is 2. The number of rotatable bonds is 6. The highest BCUT2D eigenvalue weighted by Gasteiger charge is 2.60. The lowest BCUT2D eigenvalue weighted by molar-refractivity contribution is -0.219. The molecule has 0 radical (unpaired) electrons. The summed E-state index contributed by atoms with van der Waals surface area (Å²) in [7, 11) is 0. The summed E-state index contributed by atoms with van der Waals surface area (Å²) in [6.07, 6.45) is 11.1. The number of aliphatic hydroxyl groups is 3. The number of nitriles is 1. The van der Waals surface area contributed by atoms with Crippen LogP contribution in [-0.4, -0.2) is 61.2 Å². The van der Waals surface area contributed by atoms with Crippen molar-refractivity contribution in [2.75, 3.05) is 13.2 Å². The Hall–Kier alpha value is -2.77. The van der Waals surface area contributed by atoms with Crippen LogP contribution in [0.4, 0.5) is 0 Å². The molecular formula is C28H36N4O5. The molecule has 3 heterocycles. The highest BCUT2D eigenvalue weighted by atomic mass is 16.6. The smallest absolute Gasteiger partial charge is 0.291 e. The quantitative estimate of drug-likeness (QED) is 0.396. The van der Waals surface area contributed by atoms with Crippen molar-refractivity contribution in [1.82, 2.24) is 15.3 Å². The number of aromatic nitrogens is 2. The van der Waals surface area contributed by atoms with Crippen LogP contribution < -0.4 is 5.32 Å². The standard InChI is InChI=1S/C28H36N4O5/c1-25(2)7-5-18(6-8-25)21-11-19(3-4-22(21)32-24(35)23-30-13-20(12-29)31-23)28(36)14-26(16-33)9-10-27(15-28,17-34)37-26/h5,11,13,33-34,36H,3-4,6-10,14-17H2,1-2H3,(H,30,31)(H,32,35)/t26-,27+,28?. The van der Waals surface area contributed by atoms with E-state index >= 15 is 0 Å². The first kappa shape index (κ1) is 25.9. The molecule has 5 rings (SSSR count). The molecule has 5 N–H and O–H groups in total. The average molecular weight is 509 g/mol. The summed E-state index contributed by atoms with van der Waals surface area (Å²) in [5, 5.41) is 44.4. The number of ether oxygens (including phenoxy) is 1. The molecule has 1 amide bonds. The number of amides is 1. The van der Waals surface area contributed by atoms with Gasteiger partial charge in [-0.1, -0.05) is 26.0 Å². The topological polar surface area (TPSA) is 151 Å². The van der Waals surface area contributed by atoms with Crippen molar-refractivity contribution in [2.45, 2.75) is 88.4 Å². The molecule has 2 saturated heterocycles. The summed E-state index contributed by atoms with van der Waals surface area (Å²) in [4.78, 5) is 19.7. The lowest BCUT2D eigenvalue weighted by Gasteiger charge is -2.49. The lowest BCUT2D eigenvalue weighted by Crippen LogP contribution is -2.56. The summed E-state index contributed by atoms with van der Waals surface area (Å²) in [6, 6.07) is 1.95. The van der Waals surface area contributed by atoms with E-state index in [1.807, 2.05) is 12.1 Å². The zero-order valence-corrected chi connectivity index (χ0v) is 21.6. The second-order valence-corrected chi connectivity index (χ2v) is 12.0. The van der Waals surface area contributed by atoms with Gasteiger partial charge < -0.3 is 30.4 Å². The molecule has 0 aromatic carbocycles. The van der Waals surface area contributed by atoms with Crippen LogP contribution in [0.15, 0.2) is 40.8 Å². The fraction of sp³-hybridized carbons (Fsp3) is 0.607. The summed E-state index contributed by atoms with van der Waals surface area (Å²) in [5.74, 6) is -0.338. The number of allylic oxidation sites excluding steroid dienone is 5. The highest BCUT2D eigenvalue weighted by molar-refractivity contribution is 5.92. The van der Waals surface area contributed by atoms with Crippen molar-refractivity contribution < 1.29 is 24.9 Å². The van der Waals surface area contributed by atoms with E-state index in [9.17, 15) is 20.1 Å². The number of hydrogen-bond donors (Lipinski definition) is 5. The minimum absolute atomic E-state index is 0.0753. The molecule has 0 saturated carbocycles. The largest absolute Gasteiger partial charge is 0.393 e. The molecule has 0 spiro atoms. The molecular weight excluding hydrogens is 472 g/mol. The number of aromatic amines is 1. The van der Waals surface area contributed by atoms with Crippen LogP contribution in [-0.2, 0) is 4.74 Å². The maximum absolute atomic E-state index is 13.0. The highest BCUT2D eigenvalue weighted by Crippen LogP contribution is 2.55. The Bertz CT molecular complexity index is 1220. The van der Waals surface area contributed by atoms with Crippen molar-refractivity contribution in [3.05, 3.63) is 52.3 Å². The summed E-state index contributed by atoms with van der Waals surface area (Å²) in [6.45, 7) is 4.07. The maximum atomic E-state index is 13.0. The number of hydrogen-bond acceptors (Lipinski definition) is 7. The van der Waals surface area contributed by atoms with Gasteiger partial charge in [-0.3, -0.25) is 4.79 Å². The number of aliphatic hydroxyl groups excluding tert-OH is 2. The Kier molecular flexibility index (Phi) is 6.44. The van der Waals surface area contributed by atoms with Crippen molar-refractivity contribution in [1.29, 1.82) is 5.26 Å². The Morgan fingerprint density at radius 2 is 1.86 bits per heavy atom. The predicted octanol–water partition coefficient (Wildman–Crippen LogP) is 2.92. The third kappa shape index (κ3) is 4.79. The van der Waals surface area contributed by atoms with Crippen molar-refractivity contribution in [3.63, 3.8) is 0 Å². The van der Waals surface area contributed by atoms with Crippen LogP contribution in [0.3, 0.4) is 0 Å². The van der Waals surface area contributed by atoms with Crippen LogP contribution in [0.25, 0.3) is 0 Å². The van der Waals surface area contributed by atoms with E-state index in [1.54, 1.807) is 0 Å². The zero-order chi connectivity index (χ0) is 26.5. The van der Waals surface area contributed by atoms with E-state index < -0.39 is 22.7 Å². The monoisotopic (exact) mass is 508 g/mol. The zero-order valence-electron chi connectivity index (χ0n) is 21.6. The minimum atomic E-state index is -1.22. The normalized spacial score (nSPS) is 33.0. The van der Waals surface area contributed by atoms with Gasteiger partial charge >= 0.3 is 0 Å². The third-order valence-corrected chi connectivity index (χ3v) is 8.65. The molecule has 1 aromatic rings. The van der Waals surface area contributed by atoms with Gasteiger partial charge in [0, 0.05) is 18.5 Å². The molecule has 2 bridgehead atoms. The molecule has 198 valence electrons. The van der Waals surface area contributed by atoms with Gasteiger partial charge in [0.15, 0.2) is 5.82 Å². The van der Waals surface area contributed by atoms with E-state index in [2.05, 4.69) is 35.2 Å². The van der Waals surface area contributed by atoms with Gasteiger partial charge in [-0.2, -0.15) is 5.26 Å². The van der Waals surface area contributed by atoms with E-state index in [4.69, 9.17) is 10.00 Å². The van der Waals surface area contributed by atoms with E-state index in [-0.39, 0.29) is 43.0 Å². The summed E-state index contributed by atoms with van der Waals surface area (Å²) in [5.41, 5.74) is 1.13. The third-order valence-electron chi connectivity index (χ3n) is 8.65. The van der Waals surface area contributed by atoms with Crippen LogP contribution in [0.5, 0.6) is 0 Å². The lowest BCUT2D eigenvalue weighted by atomic mass is 9.71. The second-order valence-electron chi connectivity index (χ2n) is 12.0. The molecule has 3 atom stereocenters. The first-order valence-corrected chi connectivity index (χ1v) is 13.1. The number of nitrogens with one attached hydrogen (secondary N) is 2. The van der Waals surface area contributed by atoms with Crippen LogP contribution >= 0.6 is 0 Å². The summed E-state index contributed by atoms with van der Waals surface area (Å²) < 4.78 is 6.16. The van der Waals surface area contributed by atoms with Gasteiger partial charge in [0.2, 0.25) is 0 Å². The molecule has 2 aliphatic carbocycles. The van der Waals surface area contributed by atoms with Gasteiger partial charge in [0.25, 0.3) is 5.91 Å². The van der Waals surface area contributed by atoms with Gasteiger partial charge in [-0.15, -0.1) is 0 Å². The van der Waals surface area contributed by atoms with Gasteiger partial charge in [0.05, 0.1) is 36.2 Å². The fourth-order valence-electron chi connectivity index (χ4n) is 6.48. The minimum Gasteiger partial charge on any atom is -0.393 e. The van der Waals surface area contributed by atoms with Crippen molar-refractivity contribution >= 4 is 5.91 Å². The maximum Gasteiger partial charge on any atom is 0.291 e. The molecule has 9 nitrogen and oxygen atoms in total. The molecule has 4 aliphatic rings. The van der Waals surface area contributed by atoms with Crippen molar-refractivity contribution in [2.24, 2.45) is 5.41 Å². The SMILES string of the molecule is CC1(C)CC=C(C2=C(NC(=O)c3ncc(C#N)[nH]3)CCC(C3(O)C[C@]4(CO)CC[C@](CO)(C3)O4)=C2)CC1. The number of carbonyl (C=O) groups is 1. The van der Waals surface area contributed by atoms with E-state index in [0.717, 1.165) is 41.7 Å². The molecule has 2 fully saturated rings. The van der Waals surface area contributed by atoms with Crippen LogP contribution in [0.2, 0.25) is 0 Å². The Morgan fingerprint density at radius 3 is 2.43 bits per heavy atom. The van der Waals surface area contributed by atoms with Crippen LogP contribution in [0, 0.1) is 16.7 Å². The Morgan fingerprint density at radius 1 is 1.16 bits per heavy atom. The number of imidazole rings is 1. The molecule has 1 unspecified atom stereocenters. The second kappa shape index (κ2) is 9.21. The molecule has 37 heavy (non-hydrogen) atoms. The first-order chi connectivity index (χ1) is 17.5. The van der Waals surface area contributed by atoms with E-state index in [1.165, 1.54) is 6.20 Å². The number of fused-ring (bicyclic) bond motifs is 2. The Balaban J connectivity index is 1.51. The van der Waals surface area contributed by atoms with Crippen LogP contribution in [0.1, 0.15) is 87.9 Å². The number of H-pyrrole nitrogens is 1. The molecule has 2 aliphatic heterocycles. The van der Waals surface area contributed by atoms with Crippen molar-refractivity contribution in [3.8, 4) is 6.07 Å². The Labute approximate surface area is 216 Å². The number of carbonyl (C=O) groups excluding carboxylic acids is 1. The molecule has 9 heteroatoms. The molecule has 1 aromatic heterocycles. The fourth-order valence-corrected chi connectivity index (χ4v) is 6.48. The van der Waals surface area contributed by atoms with Gasteiger partial charge in [-0.25, -0.2) is 4.98 Å². The van der Waals surface area contributed by atoms with E-state index in [0.29, 0.717) is 25.7 Å². The predicted molar refractivity (Wildman–Crippen MR) is 135 cm³/mol. The summed E-state index contributed by atoms with van der Waals surface area (Å²) >= 11 is 0.